The van der Waals surface area contributed by atoms with Crippen molar-refractivity contribution in [3.8, 4) is 0 Å². The highest BCUT2D eigenvalue weighted by Gasteiger charge is 2.12. The van der Waals surface area contributed by atoms with Gasteiger partial charge in [-0.3, -0.25) is 4.79 Å². The van der Waals surface area contributed by atoms with Crippen molar-refractivity contribution in [3.05, 3.63) is 69.2 Å². The smallest absolute Gasteiger partial charge is 0.163 e. The standard InChI is InChI=1S/C18H19Cl2NO/c1-21(2)12-14-5-3-4-6-16(14)18(22)10-8-13-7-9-15(19)11-17(13)20/h3-7,9,11H,8,10,12H2,1-2H3. The van der Waals surface area contributed by atoms with Gasteiger partial charge in [-0.25, -0.2) is 0 Å². The fourth-order valence-corrected chi connectivity index (χ4v) is 2.88. The molecular formula is C18H19Cl2NO. The van der Waals surface area contributed by atoms with Crippen molar-refractivity contribution < 1.29 is 4.79 Å². The number of carbonyl (C=O) groups is 1. The van der Waals surface area contributed by atoms with Crippen LogP contribution < -0.4 is 0 Å². The van der Waals surface area contributed by atoms with Gasteiger partial charge >= 0.3 is 0 Å². The number of rotatable bonds is 6. The van der Waals surface area contributed by atoms with E-state index in [1.807, 2.05) is 44.4 Å². The van der Waals surface area contributed by atoms with Crippen LogP contribution in [-0.2, 0) is 13.0 Å². The molecule has 0 atom stereocenters. The molecule has 0 aliphatic carbocycles. The summed E-state index contributed by atoms with van der Waals surface area (Å²) in [7, 11) is 3.99. The maximum absolute atomic E-state index is 12.5. The molecule has 22 heavy (non-hydrogen) atoms. The summed E-state index contributed by atoms with van der Waals surface area (Å²) in [5.41, 5.74) is 2.80. The number of carbonyl (C=O) groups excluding carboxylic acids is 1. The first-order valence-corrected chi connectivity index (χ1v) is 7.92. The maximum atomic E-state index is 12.5. The minimum absolute atomic E-state index is 0.142. The summed E-state index contributed by atoms with van der Waals surface area (Å²) in [5.74, 6) is 0.142. The van der Waals surface area contributed by atoms with Gasteiger partial charge < -0.3 is 4.90 Å². The first-order valence-electron chi connectivity index (χ1n) is 7.17. The lowest BCUT2D eigenvalue weighted by atomic mass is 9.98. The van der Waals surface area contributed by atoms with Crippen LogP contribution in [0.3, 0.4) is 0 Å². The molecule has 0 spiro atoms. The molecule has 0 fully saturated rings. The van der Waals surface area contributed by atoms with Crippen LogP contribution in [-0.4, -0.2) is 24.8 Å². The molecule has 0 saturated carbocycles. The van der Waals surface area contributed by atoms with E-state index in [2.05, 4.69) is 4.90 Å². The molecule has 116 valence electrons. The number of aryl methyl sites for hydroxylation is 1. The third kappa shape index (κ3) is 4.57. The molecule has 0 radical (unpaired) electrons. The minimum Gasteiger partial charge on any atom is -0.305 e. The number of nitrogens with zero attached hydrogens (tertiary/aromatic N) is 1. The molecule has 0 heterocycles. The van der Waals surface area contributed by atoms with Crippen molar-refractivity contribution in [2.75, 3.05) is 14.1 Å². The Labute approximate surface area is 141 Å². The summed E-state index contributed by atoms with van der Waals surface area (Å²) in [6.07, 6.45) is 1.05. The SMILES string of the molecule is CN(C)Cc1ccccc1C(=O)CCc1ccc(Cl)cc1Cl. The number of Topliss-reactive ketones (excluding diaryl/α,β-unsaturated/α-hetero) is 1. The fourth-order valence-electron chi connectivity index (χ4n) is 2.38. The first kappa shape index (κ1) is 17.0. The number of benzene rings is 2. The van der Waals surface area contributed by atoms with Gasteiger partial charge in [0.1, 0.15) is 0 Å². The Morgan fingerprint density at radius 1 is 1.05 bits per heavy atom. The van der Waals surface area contributed by atoms with Crippen LogP contribution in [0.5, 0.6) is 0 Å². The molecular weight excluding hydrogens is 317 g/mol. The summed E-state index contributed by atoms with van der Waals surface area (Å²) >= 11 is 12.0. The molecule has 2 aromatic rings. The van der Waals surface area contributed by atoms with E-state index >= 15 is 0 Å². The van der Waals surface area contributed by atoms with E-state index in [0.29, 0.717) is 22.9 Å². The topological polar surface area (TPSA) is 20.3 Å². The molecule has 2 nitrogen and oxygen atoms in total. The Morgan fingerprint density at radius 3 is 2.45 bits per heavy atom. The van der Waals surface area contributed by atoms with Gasteiger partial charge in [0.25, 0.3) is 0 Å². The molecule has 0 aliphatic heterocycles. The average Bonchev–Trinajstić information content (AvgIpc) is 2.46. The van der Waals surface area contributed by atoms with Crippen LogP contribution in [0.2, 0.25) is 10.0 Å². The first-order chi connectivity index (χ1) is 10.5. The van der Waals surface area contributed by atoms with E-state index in [1.54, 1.807) is 12.1 Å². The second-order valence-corrected chi connectivity index (χ2v) is 6.40. The molecule has 4 heteroatoms. The van der Waals surface area contributed by atoms with Gasteiger partial charge in [0.2, 0.25) is 0 Å². The zero-order chi connectivity index (χ0) is 16.1. The van der Waals surface area contributed by atoms with Crippen LogP contribution in [0, 0.1) is 0 Å². The van der Waals surface area contributed by atoms with E-state index in [4.69, 9.17) is 23.2 Å². The summed E-state index contributed by atoms with van der Waals surface area (Å²) in [6, 6.07) is 13.2. The number of halogens is 2. The van der Waals surface area contributed by atoms with Gasteiger partial charge in [-0.15, -0.1) is 0 Å². The molecule has 2 aromatic carbocycles. The minimum atomic E-state index is 0.142. The van der Waals surface area contributed by atoms with Crippen LogP contribution in [0.15, 0.2) is 42.5 Å². The molecule has 2 rings (SSSR count). The molecule has 0 amide bonds. The summed E-state index contributed by atoms with van der Waals surface area (Å²) in [6.45, 7) is 0.754. The lowest BCUT2D eigenvalue weighted by molar-refractivity contribution is 0.0981. The molecule has 0 aliphatic rings. The average molecular weight is 336 g/mol. The Kier molecular flexibility index (Phi) is 6.01. The van der Waals surface area contributed by atoms with Crippen molar-refractivity contribution in [2.24, 2.45) is 0 Å². The van der Waals surface area contributed by atoms with Gasteiger partial charge in [0.05, 0.1) is 0 Å². The van der Waals surface area contributed by atoms with Gasteiger partial charge in [-0.05, 0) is 43.8 Å². The van der Waals surface area contributed by atoms with Crippen molar-refractivity contribution in [2.45, 2.75) is 19.4 Å². The lowest BCUT2D eigenvalue weighted by Crippen LogP contribution is -2.14. The monoisotopic (exact) mass is 335 g/mol. The van der Waals surface area contributed by atoms with Crippen LogP contribution in [0.4, 0.5) is 0 Å². The number of ketones is 1. The van der Waals surface area contributed by atoms with Gasteiger partial charge in [-0.1, -0.05) is 53.5 Å². The zero-order valence-corrected chi connectivity index (χ0v) is 14.3. The Balaban J connectivity index is 2.09. The second-order valence-electron chi connectivity index (χ2n) is 5.55. The Bertz CT molecular complexity index is 668. The second kappa shape index (κ2) is 7.77. The molecule has 0 bridgehead atoms. The predicted octanol–water partition coefficient (Wildman–Crippen LogP) is 4.87. The normalized spacial score (nSPS) is 11.0. The Morgan fingerprint density at radius 2 is 1.77 bits per heavy atom. The van der Waals surface area contributed by atoms with Crippen molar-refractivity contribution >= 4 is 29.0 Å². The highest BCUT2D eigenvalue weighted by atomic mass is 35.5. The molecule has 0 saturated heterocycles. The zero-order valence-electron chi connectivity index (χ0n) is 12.8. The number of hydrogen-bond acceptors (Lipinski definition) is 2. The van der Waals surface area contributed by atoms with Crippen molar-refractivity contribution in [1.29, 1.82) is 0 Å². The van der Waals surface area contributed by atoms with E-state index in [1.165, 1.54) is 0 Å². The predicted molar refractivity (Wildman–Crippen MR) is 92.9 cm³/mol. The van der Waals surface area contributed by atoms with Crippen LogP contribution in [0.1, 0.15) is 27.9 Å². The quantitative estimate of drug-likeness (QED) is 0.702. The molecule has 0 unspecified atom stereocenters. The van der Waals surface area contributed by atoms with Crippen LogP contribution >= 0.6 is 23.2 Å². The van der Waals surface area contributed by atoms with Gasteiger partial charge in [0, 0.05) is 28.6 Å². The summed E-state index contributed by atoms with van der Waals surface area (Å²) in [4.78, 5) is 14.6. The molecule has 0 N–H and O–H groups in total. The fraction of sp³-hybridized carbons (Fsp3) is 0.278. The third-order valence-corrected chi connectivity index (χ3v) is 4.03. The van der Waals surface area contributed by atoms with Crippen LogP contribution in [0.25, 0.3) is 0 Å². The third-order valence-electron chi connectivity index (χ3n) is 3.44. The van der Waals surface area contributed by atoms with Crippen molar-refractivity contribution in [1.82, 2.24) is 4.90 Å². The summed E-state index contributed by atoms with van der Waals surface area (Å²) in [5, 5.41) is 1.22. The van der Waals surface area contributed by atoms with Gasteiger partial charge in [0.15, 0.2) is 5.78 Å². The van der Waals surface area contributed by atoms with E-state index in [0.717, 1.165) is 23.2 Å². The van der Waals surface area contributed by atoms with Gasteiger partial charge in [-0.2, -0.15) is 0 Å². The largest absolute Gasteiger partial charge is 0.305 e. The highest BCUT2D eigenvalue weighted by Crippen LogP contribution is 2.23. The maximum Gasteiger partial charge on any atom is 0.163 e. The van der Waals surface area contributed by atoms with E-state index in [9.17, 15) is 4.79 Å². The highest BCUT2D eigenvalue weighted by molar-refractivity contribution is 6.35. The number of hydrogen-bond donors (Lipinski definition) is 0. The Hall–Kier alpha value is -1.35. The molecule has 0 aromatic heterocycles. The van der Waals surface area contributed by atoms with Crippen molar-refractivity contribution in [3.63, 3.8) is 0 Å². The summed E-state index contributed by atoms with van der Waals surface area (Å²) < 4.78 is 0. The lowest BCUT2D eigenvalue weighted by Gasteiger charge is -2.13. The van der Waals surface area contributed by atoms with E-state index < -0.39 is 0 Å². The van der Waals surface area contributed by atoms with E-state index in [-0.39, 0.29) is 5.78 Å².